The van der Waals surface area contributed by atoms with Crippen LogP contribution in [0.2, 0.25) is 0 Å². The predicted octanol–water partition coefficient (Wildman–Crippen LogP) is 2.54. The van der Waals surface area contributed by atoms with E-state index in [2.05, 4.69) is 10.6 Å². The molecule has 0 unspecified atom stereocenters. The van der Waals surface area contributed by atoms with Crippen molar-refractivity contribution in [2.75, 3.05) is 19.5 Å². The molecule has 0 aliphatic heterocycles. The van der Waals surface area contributed by atoms with E-state index in [9.17, 15) is 14.9 Å². The van der Waals surface area contributed by atoms with Crippen molar-refractivity contribution in [3.63, 3.8) is 0 Å². The van der Waals surface area contributed by atoms with Gasteiger partial charge in [0.1, 0.15) is 23.1 Å². The molecule has 144 valence electrons. The van der Waals surface area contributed by atoms with E-state index in [1.54, 1.807) is 30.3 Å². The number of hydrogen-bond acceptors (Lipinski definition) is 6. The summed E-state index contributed by atoms with van der Waals surface area (Å²) in [7, 11) is 2.97. The van der Waals surface area contributed by atoms with Crippen LogP contribution in [0.25, 0.3) is 0 Å². The second-order valence-electron chi connectivity index (χ2n) is 5.57. The van der Waals surface area contributed by atoms with Crippen molar-refractivity contribution >= 4 is 17.6 Å². The maximum absolute atomic E-state index is 12.4. The predicted molar refractivity (Wildman–Crippen MR) is 102 cm³/mol. The van der Waals surface area contributed by atoms with Gasteiger partial charge in [-0.2, -0.15) is 5.26 Å². The van der Waals surface area contributed by atoms with Gasteiger partial charge in [-0.1, -0.05) is 12.1 Å². The lowest BCUT2D eigenvalue weighted by Gasteiger charge is -2.11. The molecule has 0 heterocycles. The van der Waals surface area contributed by atoms with Crippen molar-refractivity contribution in [1.29, 1.82) is 5.26 Å². The number of carboxylic acid groups (broad SMARTS) is 1. The summed E-state index contributed by atoms with van der Waals surface area (Å²) < 4.78 is 10.3. The average molecular weight is 381 g/mol. The highest BCUT2D eigenvalue weighted by molar-refractivity contribution is 6.07. The Labute approximate surface area is 162 Å². The SMILES string of the molecule is COc1ccc(OC)c(NC(=O)/C(C#N)=C\NCc2ccc(C(=O)O)cc2)c1. The van der Waals surface area contributed by atoms with Gasteiger partial charge in [0.15, 0.2) is 0 Å². The summed E-state index contributed by atoms with van der Waals surface area (Å²) in [5.41, 5.74) is 1.22. The van der Waals surface area contributed by atoms with Crippen LogP contribution in [0.15, 0.2) is 54.2 Å². The molecule has 0 saturated carbocycles. The van der Waals surface area contributed by atoms with Gasteiger partial charge in [0, 0.05) is 18.8 Å². The Hall–Kier alpha value is -3.99. The zero-order valence-electron chi connectivity index (χ0n) is 15.4. The summed E-state index contributed by atoms with van der Waals surface area (Å²) in [6.45, 7) is 0.320. The summed E-state index contributed by atoms with van der Waals surface area (Å²) in [5.74, 6) is -0.655. The highest BCUT2D eigenvalue weighted by Gasteiger charge is 2.13. The number of amides is 1. The van der Waals surface area contributed by atoms with Gasteiger partial charge in [-0.25, -0.2) is 4.79 Å². The molecule has 0 radical (unpaired) electrons. The van der Waals surface area contributed by atoms with Gasteiger partial charge in [-0.05, 0) is 29.8 Å². The van der Waals surface area contributed by atoms with Crippen LogP contribution in [0.4, 0.5) is 5.69 Å². The smallest absolute Gasteiger partial charge is 0.335 e. The van der Waals surface area contributed by atoms with Crippen LogP contribution in [-0.4, -0.2) is 31.2 Å². The zero-order valence-corrected chi connectivity index (χ0v) is 15.4. The van der Waals surface area contributed by atoms with E-state index in [0.717, 1.165) is 5.56 Å². The Morgan fingerprint density at radius 3 is 2.43 bits per heavy atom. The molecule has 0 bridgehead atoms. The van der Waals surface area contributed by atoms with Crippen molar-refractivity contribution < 1.29 is 24.2 Å². The third-order valence-corrected chi connectivity index (χ3v) is 3.77. The molecule has 0 aromatic heterocycles. The van der Waals surface area contributed by atoms with E-state index in [1.165, 1.54) is 32.6 Å². The first-order chi connectivity index (χ1) is 13.5. The average Bonchev–Trinajstić information content (AvgIpc) is 2.71. The van der Waals surface area contributed by atoms with Crippen LogP contribution in [0.5, 0.6) is 11.5 Å². The van der Waals surface area contributed by atoms with Gasteiger partial charge in [0.25, 0.3) is 5.91 Å². The van der Waals surface area contributed by atoms with Gasteiger partial charge < -0.3 is 25.2 Å². The van der Waals surface area contributed by atoms with Gasteiger partial charge in [-0.3, -0.25) is 4.79 Å². The molecule has 0 saturated heterocycles. The second kappa shape index (κ2) is 9.64. The van der Waals surface area contributed by atoms with Crippen LogP contribution in [0.3, 0.4) is 0 Å². The molecular formula is C20H19N3O5. The Balaban J connectivity index is 2.05. The van der Waals surface area contributed by atoms with Crippen molar-refractivity contribution in [2.45, 2.75) is 6.54 Å². The molecular weight excluding hydrogens is 362 g/mol. The maximum Gasteiger partial charge on any atom is 0.335 e. The summed E-state index contributed by atoms with van der Waals surface area (Å²) in [6, 6.07) is 13.0. The number of hydrogen-bond donors (Lipinski definition) is 3. The van der Waals surface area contributed by atoms with Crippen LogP contribution in [-0.2, 0) is 11.3 Å². The highest BCUT2D eigenvalue weighted by Crippen LogP contribution is 2.29. The molecule has 2 aromatic carbocycles. The third kappa shape index (κ3) is 5.25. The lowest BCUT2D eigenvalue weighted by atomic mass is 10.1. The first-order valence-corrected chi connectivity index (χ1v) is 8.17. The van der Waals surface area contributed by atoms with E-state index in [1.807, 2.05) is 6.07 Å². The van der Waals surface area contributed by atoms with E-state index < -0.39 is 11.9 Å². The monoisotopic (exact) mass is 381 g/mol. The minimum Gasteiger partial charge on any atom is -0.497 e. The summed E-state index contributed by atoms with van der Waals surface area (Å²) in [6.07, 6.45) is 1.30. The standard InChI is InChI=1S/C20H19N3O5/c1-27-16-7-8-18(28-2)17(9-16)23-19(24)15(10-21)12-22-11-13-3-5-14(6-4-13)20(25)26/h3-9,12,22H,11H2,1-2H3,(H,23,24)(H,25,26)/b15-12-. The molecule has 0 spiro atoms. The van der Waals surface area contributed by atoms with Crippen molar-refractivity contribution in [1.82, 2.24) is 5.32 Å². The fourth-order valence-electron chi connectivity index (χ4n) is 2.29. The fraction of sp³-hybridized carbons (Fsp3) is 0.150. The minimum atomic E-state index is -1.00. The highest BCUT2D eigenvalue weighted by atomic mass is 16.5. The quantitative estimate of drug-likeness (QED) is 0.475. The topological polar surface area (TPSA) is 121 Å². The first kappa shape index (κ1) is 20.3. The van der Waals surface area contributed by atoms with Crippen molar-refractivity contribution in [2.24, 2.45) is 0 Å². The van der Waals surface area contributed by atoms with Gasteiger partial charge in [0.2, 0.25) is 0 Å². The van der Waals surface area contributed by atoms with E-state index >= 15 is 0 Å². The molecule has 8 heteroatoms. The number of nitriles is 1. The summed E-state index contributed by atoms with van der Waals surface area (Å²) in [5, 5.41) is 23.6. The van der Waals surface area contributed by atoms with Crippen LogP contribution in [0, 0.1) is 11.3 Å². The number of rotatable bonds is 8. The summed E-state index contributed by atoms with van der Waals surface area (Å²) in [4.78, 5) is 23.2. The largest absolute Gasteiger partial charge is 0.497 e. The number of carbonyl (C=O) groups excluding carboxylic acids is 1. The number of ether oxygens (including phenoxy) is 2. The third-order valence-electron chi connectivity index (χ3n) is 3.77. The van der Waals surface area contributed by atoms with Crippen LogP contribution >= 0.6 is 0 Å². The lowest BCUT2D eigenvalue weighted by molar-refractivity contribution is -0.112. The Bertz CT molecular complexity index is 930. The van der Waals surface area contributed by atoms with E-state index in [4.69, 9.17) is 14.6 Å². The van der Waals surface area contributed by atoms with Crippen molar-refractivity contribution in [3.05, 3.63) is 65.4 Å². The number of carboxylic acids is 1. The second-order valence-corrected chi connectivity index (χ2v) is 5.57. The summed E-state index contributed by atoms with van der Waals surface area (Å²) >= 11 is 0. The molecule has 3 N–H and O–H groups in total. The van der Waals surface area contributed by atoms with Gasteiger partial charge in [-0.15, -0.1) is 0 Å². The zero-order chi connectivity index (χ0) is 20.5. The number of aromatic carboxylic acids is 1. The Morgan fingerprint density at radius 1 is 1.14 bits per heavy atom. The Kier molecular flexibility index (Phi) is 6.99. The number of nitrogens with one attached hydrogen (secondary N) is 2. The molecule has 0 aliphatic carbocycles. The minimum absolute atomic E-state index is 0.132. The van der Waals surface area contributed by atoms with E-state index in [-0.39, 0.29) is 11.1 Å². The maximum atomic E-state index is 12.4. The first-order valence-electron chi connectivity index (χ1n) is 8.17. The lowest BCUT2D eigenvalue weighted by Crippen LogP contribution is -2.17. The molecule has 28 heavy (non-hydrogen) atoms. The Morgan fingerprint density at radius 2 is 1.86 bits per heavy atom. The molecule has 2 aromatic rings. The van der Waals surface area contributed by atoms with Gasteiger partial charge >= 0.3 is 5.97 Å². The normalized spacial score (nSPS) is 10.5. The number of nitrogens with zero attached hydrogens (tertiary/aromatic N) is 1. The van der Waals surface area contributed by atoms with Crippen molar-refractivity contribution in [3.8, 4) is 17.6 Å². The molecule has 1 amide bonds. The number of methoxy groups -OCH3 is 2. The van der Waals surface area contributed by atoms with Gasteiger partial charge in [0.05, 0.1) is 25.5 Å². The fourth-order valence-corrected chi connectivity index (χ4v) is 2.29. The molecule has 0 aliphatic rings. The number of anilines is 1. The molecule has 0 atom stereocenters. The molecule has 8 nitrogen and oxygen atoms in total. The molecule has 2 rings (SSSR count). The molecule has 0 fully saturated rings. The van der Waals surface area contributed by atoms with Crippen LogP contribution < -0.4 is 20.1 Å². The number of carbonyl (C=O) groups is 2. The van der Waals surface area contributed by atoms with E-state index in [0.29, 0.717) is 23.7 Å². The number of benzene rings is 2. The van der Waals surface area contributed by atoms with Crippen LogP contribution in [0.1, 0.15) is 15.9 Å².